The van der Waals surface area contributed by atoms with Crippen LogP contribution in [0, 0.1) is 6.92 Å². The number of hydrogen-bond acceptors (Lipinski definition) is 5. The number of rotatable bonds is 7. The van der Waals surface area contributed by atoms with Crippen molar-refractivity contribution in [2.45, 2.75) is 30.9 Å². The Bertz CT molecular complexity index is 603. The van der Waals surface area contributed by atoms with E-state index in [0.717, 1.165) is 10.7 Å². The molecule has 19 heavy (non-hydrogen) atoms. The average Bonchev–Trinajstić information content (AvgIpc) is 2.63. The van der Waals surface area contributed by atoms with Gasteiger partial charge in [-0.1, -0.05) is 24.7 Å². The van der Waals surface area contributed by atoms with Gasteiger partial charge in [-0.05, 0) is 13.3 Å². The number of aromatic nitrogens is 1. The number of hydrogen-bond donors (Lipinski definition) is 2. The quantitative estimate of drug-likeness (QED) is 0.739. The maximum Gasteiger partial charge on any atom is 0.305 e. The maximum atomic E-state index is 12.4. The van der Waals surface area contributed by atoms with Crippen LogP contribution in [0.3, 0.4) is 0 Å². The van der Waals surface area contributed by atoms with Crippen LogP contribution in [0.4, 0.5) is 0 Å². The number of nitrogens with zero attached hydrogens (tertiary/aromatic N) is 1. The normalized spacial score (nSPS) is 11.9. The van der Waals surface area contributed by atoms with E-state index in [1.807, 2.05) is 6.92 Å². The molecule has 0 aliphatic rings. The van der Waals surface area contributed by atoms with Crippen LogP contribution in [-0.4, -0.2) is 36.7 Å². The number of carbonyl (C=O) groups excluding carboxylic acids is 1. The fraction of sp³-hybridized carbons (Fsp3) is 0.600. The first-order valence-corrected chi connectivity index (χ1v) is 8.02. The van der Waals surface area contributed by atoms with Crippen molar-refractivity contribution in [1.29, 1.82) is 0 Å². The van der Waals surface area contributed by atoms with Gasteiger partial charge in [0.05, 0.1) is 6.54 Å². The summed E-state index contributed by atoms with van der Waals surface area (Å²) in [5.74, 6) is -0.722. The summed E-state index contributed by atoms with van der Waals surface area (Å²) in [7, 11) is -3.86. The number of thiazole rings is 1. The summed E-state index contributed by atoms with van der Waals surface area (Å²) in [4.78, 5) is 24.2. The van der Waals surface area contributed by atoms with Crippen molar-refractivity contribution >= 4 is 27.3 Å². The Morgan fingerprint density at radius 3 is 2.53 bits per heavy atom. The maximum absolute atomic E-state index is 12.4. The van der Waals surface area contributed by atoms with Crippen LogP contribution in [0.1, 0.15) is 25.5 Å². The predicted molar refractivity (Wildman–Crippen MR) is 72.5 cm³/mol. The molecule has 0 aromatic carbocycles. The van der Waals surface area contributed by atoms with Crippen LogP contribution in [0.5, 0.6) is 0 Å². The van der Waals surface area contributed by atoms with Crippen molar-refractivity contribution in [3.63, 3.8) is 0 Å². The Morgan fingerprint density at radius 2 is 2.11 bits per heavy atom. The number of aryl methyl sites for hydroxylation is 1. The van der Waals surface area contributed by atoms with Crippen molar-refractivity contribution < 1.29 is 13.2 Å². The van der Waals surface area contributed by atoms with Crippen molar-refractivity contribution in [2.24, 2.45) is 5.73 Å². The van der Waals surface area contributed by atoms with Crippen molar-refractivity contribution in [1.82, 2.24) is 9.29 Å². The van der Waals surface area contributed by atoms with E-state index in [1.165, 1.54) is 6.92 Å². The molecule has 0 aliphatic carbocycles. The summed E-state index contributed by atoms with van der Waals surface area (Å²) >= 11 is 0.617. The molecule has 9 heteroatoms. The molecule has 0 unspecified atom stereocenters. The van der Waals surface area contributed by atoms with Crippen molar-refractivity contribution in [3.8, 4) is 0 Å². The first kappa shape index (κ1) is 15.9. The first-order valence-electron chi connectivity index (χ1n) is 5.77. The van der Waals surface area contributed by atoms with Crippen LogP contribution < -0.4 is 10.6 Å². The molecule has 0 bridgehead atoms. The van der Waals surface area contributed by atoms with Gasteiger partial charge in [-0.2, -0.15) is 4.31 Å². The topological polar surface area (TPSA) is 113 Å². The monoisotopic (exact) mass is 307 g/mol. The summed E-state index contributed by atoms with van der Waals surface area (Å²) in [5, 5.41) is 0. The molecular formula is C10H17N3O4S2. The second kappa shape index (κ2) is 6.31. The lowest BCUT2D eigenvalue weighted by molar-refractivity contribution is -0.118. The van der Waals surface area contributed by atoms with Gasteiger partial charge in [0.25, 0.3) is 10.0 Å². The molecule has 3 N–H and O–H groups in total. The van der Waals surface area contributed by atoms with E-state index in [9.17, 15) is 18.0 Å². The SMILES string of the molecule is CCCCN(CC(N)=O)S(=O)(=O)c1sc(=O)[nH]c1C. The third kappa shape index (κ3) is 3.88. The van der Waals surface area contributed by atoms with Crippen LogP contribution in [-0.2, 0) is 14.8 Å². The highest BCUT2D eigenvalue weighted by Crippen LogP contribution is 2.21. The third-order valence-electron chi connectivity index (χ3n) is 2.45. The van der Waals surface area contributed by atoms with Gasteiger partial charge < -0.3 is 10.7 Å². The molecule has 1 amide bonds. The Kier molecular flexibility index (Phi) is 5.27. The highest BCUT2D eigenvalue weighted by molar-refractivity contribution is 7.91. The first-order chi connectivity index (χ1) is 8.78. The van der Waals surface area contributed by atoms with Crippen molar-refractivity contribution in [3.05, 3.63) is 15.4 Å². The van der Waals surface area contributed by atoms with E-state index < -0.39 is 20.8 Å². The third-order valence-corrected chi connectivity index (χ3v) is 5.88. The summed E-state index contributed by atoms with van der Waals surface area (Å²) in [6.45, 7) is 3.24. The molecule has 0 spiro atoms. The van der Waals surface area contributed by atoms with Gasteiger partial charge in [0.2, 0.25) is 5.91 Å². The van der Waals surface area contributed by atoms with E-state index in [4.69, 9.17) is 5.73 Å². The zero-order chi connectivity index (χ0) is 14.6. The molecule has 1 rings (SSSR count). The summed E-state index contributed by atoms with van der Waals surface area (Å²) in [5.41, 5.74) is 5.35. The molecule has 7 nitrogen and oxygen atoms in total. The second-order valence-corrected chi connectivity index (χ2v) is 7.20. The van der Waals surface area contributed by atoms with Gasteiger partial charge in [0.15, 0.2) is 4.21 Å². The largest absolute Gasteiger partial charge is 0.369 e. The molecule has 0 radical (unpaired) electrons. The summed E-state index contributed by atoms with van der Waals surface area (Å²) in [6.07, 6.45) is 1.40. The smallest absolute Gasteiger partial charge is 0.305 e. The highest BCUT2D eigenvalue weighted by atomic mass is 32.2. The predicted octanol–water partition coefficient (Wildman–Crippen LogP) is 0.0209. The van der Waals surface area contributed by atoms with E-state index in [-0.39, 0.29) is 23.0 Å². The molecule has 1 heterocycles. The van der Waals surface area contributed by atoms with E-state index >= 15 is 0 Å². The lowest BCUT2D eigenvalue weighted by atomic mass is 10.3. The number of carbonyl (C=O) groups is 1. The minimum atomic E-state index is -3.86. The van der Waals surface area contributed by atoms with E-state index in [2.05, 4.69) is 4.98 Å². The van der Waals surface area contributed by atoms with E-state index in [1.54, 1.807) is 0 Å². The number of H-pyrrole nitrogens is 1. The Labute approximate surface area is 115 Å². The van der Waals surface area contributed by atoms with Crippen LogP contribution in [0.25, 0.3) is 0 Å². The summed E-state index contributed by atoms with van der Waals surface area (Å²) < 4.78 is 25.7. The standard InChI is InChI=1S/C10H17N3O4S2/c1-3-4-5-13(6-8(11)14)19(16,17)9-7(2)12-10(15)18-9/h3-6H2,1-2H3,(H2,11,14)(H,12,15). The number of primary amides is 1. The number of nitrogens with two attached hydrogens (primary N) is 1. The molecule has 1 aromatic heterocycles. The Morgan fingerprint density at radius 1 is 1.47 bits per heavy atom. The van der Waals surface area contributed by atoms with Gasteiger partial charge in [-0.3, -0.25) is 9.59 Å². The number of nitrogens with one attached hydrogen (secondary N) is 1. The lowest BCUT2D eigenvalue weighted by Crippen LogP contribution is -2.39. The van der Waals surface area contributed by atoms with Crippen LogP contribution in [0.2, 0.25) is 0 Å². The minimum Gasteiger partial charge on any atom is -0.369 e. The average molecular weight is 307 g/mol. The molecule has 0 atom stereocenters. The molecule has 0 saturated carbocycles. The Balaban J connectivity index is 3.14. The zero-order valence-electron chi connectivity index (χ0n) is 10.8. The number of amides is 1. The molecule has 108 valence electrons. The number of aromatic amines is 1. The van der Waals surface area contributed by atoms with Gasteiger partial charge >= 0.3 is 4.87 Å². The Hall–Kier alpha value is -1.19. The molecule has 1 aromatic rings. The van der Waals surface area contributed by atoms with Crippen molar-refractivity contribution in [2.75, 3.05) is 13.1 Å². The highest BCUT2D eigenvalue weighted by Gasteiger charge is 2.29. The lowest BCUT2D eigenvalue weighted by Gasteiger charge is -2.19. The zero-order valence-corrected chi connectivity index (χ0v) is 12.4. The fourth-order valence-corrected chi connectivity index (χ4v) is 4.43. The molecular weight excluding hydrogens is 290 g/mol. The van der Waals surface area contributed by atoms with Crippen LogP contribution in [0.15, 0.2) is 9.00 Å². The molecule has 0 aliphatic heterocycles. The molecule has 0 saturated heterocycles. The van der Waals surface area contributed by atoms with Gasteiger partial charge in [0.1, 0.15) is 0 Å². The summed E-state index contributed by atoms with van der Waals surface area (Å²) in [6, 6.07) is 0. The van der Waals surface area contributed by atoms with E-state index in [0.29, 0.717) is 17.8 Å². The minimum absolute atomic E-state index is 0.0603. The van der Waals surface area contributed by atoms with Gasteiger partial charge in [0, 0.05) is 12.2 Å². The molecule has 0 fully saturated rings. The second-order valence-electron chi connectivity index (χ2n) is 4.09. The number of unbranched alkanes of at least 4 members (excludes halogenated alkanes) is 1. The van der Waals surface area contributed by atoms with Gasteiger partial charge in [-0.15, -0.1) is 0 Å². The van der Waals surface area contributed by atoms with Crippen LogP contribution >= 0.6 is 11.3 Å². The number of sulfonamides is 1. The van der Waals surface area contributed by atoms with Gasteiger partial charge in [-0.25, -0.2) is 8.42 Å². The fourth-order valence-electron chi connectivity index (χ4n) is 1.55.